The highest BCUT2D eigenvalue weighted by molar-refractivity contribution is 7.90. The maximum Gasteiger partial charge on any atom is 0.227 e. The number of ether oxygens (including phenoxy) is 2. The van der Waals surface area contributed by atoms with Crippen LogP contribution in [0.15, 0.2) is 47.4 Å². The van der Waals surface area contributed by atoms with Gasteiger partial charge in [-0.05, 0) is 61.6 Å². The van der Waals surface area contributed by atoms with Crippen molar-refractivity contribution >= 4 is 21.4 Å². The van der Waals surface area contributed by atoms with E-state index in [-0.39, 0.29) is 22.8 Å². The number of hydrogen-bond donors (Lipinski definition) is 0. The molecular formula is C23H27NO5S. The van der Waals surface area contributed by atoms with E-state index >= 15 is 0 Å². The predicted molar refractivity (Wildman–Crippen MR) is 115 cm³/mol. The number of methoxy groups -OCH3 is 1. The number of carbonyl (C=O) groups excluding carboxylic acids is 1. The molecule has 0 aromatic heterocycles. The predicted octanol–water partition coefficient (Wildman–Crippen LogP) is 3.94. The molecule has 1 aliphatic carbocycles. The lowest BCUT2D eigenvalue weighted by Crippen LogP contribution is -2.24. The van der Waals surface area contributed by atoms with Crippen LogP contribution in [0.25, 0.3) is 0 Å². The van der Waals surface area contributed by atoms with Gasteiger partial charge in [0, 0.05) is 30.8 Å². The standard InChI is InChI=1S/C23H27NO5S/c1-28-21-11-10-16(12-22(21)29-19-7-3-4-8-19)17-13-23(25)24(15-17)18-6-5-9-20(14-18)30(2,26)27/h5-6,9-12,14,17,19H,3-4,7-8,13,15H2,1-2H3. The molecule has 1 amide bonds. The summed E-state index contributed by atoms with van der Waals surface area (Å²) >= 11 is 0. The summed E-state index contributed by atoms with van der Waals surface area (Å²) in [5, 5.41) is 0. The van der Waals surface area contributed by atoms with Gasteiger partial charge in [0.2, 0.25) is 5.91 Å². The monoisotopic (exact) mass is 429 g/mol. The lowest BCUT2D eigenvalue weighted by atomic mass is 9.98. The first-order valence-electron chi connectivity index (χ1n) is 10.3. The fourth-order valence-electron chi connectivity index (χ4n) is 4.29. The summed E-state index contributed by atoms with van der Waals surface area (Å²) in [4.78, 5) is 14.6. The van der Waals surface area contributed by atoms with E-state index in [4.69, 9.17) is 9.47 Å². The van der Waals surface area contributed by atoms with Crippen molar-refractivity contribution in [3.05, 3.63) is 48.0 Å². The second-order valence-electron chi connectivity index (χ2n) is 8.11. The summed E-state index contributed by atoms with van der Waals surface area (Å²) in [6.45, 7) is 0.501. The molecule has 1 unspecified atom stereocenters. The van der Waals surface area contributed by atoms with Crippen molar-refractivity contribution in [1.29, 1.82) is 0 Å². The third kappa shape index (κ3) is 4.31. The Labute approximate surface area is 177 Å². The van der Waals surface area contributed by atoms with E-state index in [0.29, 0.717) is 24.4 Å². The molecule has 0 bridgehead atoms. The second kappa shape index (κ2) is 8.30. The number of carbonyl (C=O) groups is 1. The SMILES string of the molecule is COc1ccc(C2CC(=O)N(c3cccc(S(C)(=O)=O)c3)C2)cc1OC1CCCC1. The summed E-state index contributed by atoms with van der Waals surface area (Å²) in [5.41, 5.74) is 1.64. The van der Waals surface area contributed by atoms with Crippen LogP contribution in [0, 0.1) is 0 Å². The van der Waals surface area contributed by atoms with E-state index in [1.807, 2.05) is 18.2 Å². The minimum absolute atomic E-state index is 0.0104. The molecule has 0 N–H and O–H groups in total. The van der Waals surface area contributed by atoms with E-state index in [1.165, 1.54) is 19.1 Å². The van der Waals surface area contributed by atoms with Crippen LogP contribution in [0.2, 0.25) is 0 Å². The summed E-state index contributed by atoms with van der Waals surface area (Å²) < 4.78 is 35.4. The Morgan fingerprint density at radius 3 is 2.50 bits per heavy atom. The van der Waals surface area contributed by atoms with Crippen LogP contribution in [-0.2, 0) is 14.6 Å². The molecule has 1 atom stereocenters. The van der Waals surface area contributed by atoms with Crippen molar-refractivity contribution in [2.45, 2.75) is 49.0 Å². The third-order valence-corrected chi connectivity index (χ3v) is 7.05. The first kappa shape index (κ1) is 20.7. The smallest absolute Gasteiger partial charge is 0.227 e. The number of amides is 1. The van der Waals surface area contributed by atoms with E-state index in [0.717, 1.165) is 24.2 Å². The Balaban J connectivity index is 1.56. The quantitative estimate of drug-likeness (QED) is 0.695. The highest BCUT2D eigenvalue weighted by atomic mass is 32.2. The van der Waals surface area contributed by atoms with Gasteiger partial charge in [-0.15, -0.1) is 0 Å². The van der Waals surface area contributed by atoms with Crippen molar-refractivity contribution in [3.8, 4) is 11.5 Å². The van der Waals surface area contributed by atoms with Gasteiger partial charge in [-0.1, -0.05) is 12.1 Å². The summed E-state index contributed by atoms with van der Waals surface area (Å²) in [7, 11) is -1.70. The van der Waals surface area contributed by atoms with Gasteiger partial charge in [0.05, 0.1) is 18.1 Å². The number of sulfone groups is 1. The van der Waals surface area contributed by atoms with Crippen LogP contribution in [0.1, 0.15) is 43.6 Å². The topological polar surface area (TPSA) is 72.9 Å². The minimum Gasteiger partial charge on any atom is -0.493 e. The molecule has 0 spiro atoms. The van der Waals surface area contributed by atoms with E-state index in [1.54, 1.807) is 36.3 Å². The Kier molecular flexibility index (Phi) is 5.73. The van der Waals surface area contributed by atoms with Crippen LogP contribution in [0.4, 0.5) is 5.69 Å². The van der Waals surface area contributed by atoms with Crippen LogP contribution in [0.3, 0.4) is 0 Å². The number of anilines is 1. The Bertz CT molecular complexity index is 1040. The van der Waals surface area contributed by atoms with Gasteiger partial charge in [0.15, 0.2) is 21.3 Å². The molecule has 2 aromatic carbocycles. The summed E-state index contributed by atoms with van der Waals surface area (Å²) in [6.07, 6.45) is 6.24. The normalized spacial score (nSPS) is 20.0. The zero-order valence-corrected chi connectivity index (χ0v) is 18.2. The number of rotatable bonds is 6. The second-order valence-corrected chi connectivity index (χ2v) is 10.1. The summed E-state index contributed by atoms with van der Waals surface area (Å²) in [6, 6.07) is 12.4. The van der Waals surface area contributed by atoms with Crippen molar-refractivity contribution in [2.24, 2.45) is 0 Å². The molecule has 0 radical (unpaired) electrons. The van der Waals surface area contributed by atoms with Gasteiger partial charge in [-0.25, -0.2) is 8.42 Å². The molecule has 30 heavy (non-hydrogen) atoms. The molecule has 6 nitrogen and oxygen atoms in total. The van der Waals surface area contributed by atoms with Gasteiger partial charge < -0.3 is 14.4 Å². The van der Waals surface area contributed by atoms with E-state index in [9.17, 15) is 13.2 Å². The zero-order chi connectivity index (χ0) is 21.3. The zero-order valence-electron chi connectivity index (χ0n) is 17.3. The fraction of sp³-hybridized carbons (Fsp3) is 0.435. The molecule has 2 aromatic rings. The average Bonchev–Trinajstić information content (AvgIpc) is 3.37. The Morgan fingerprint density at radius 2 is 1.80 bits per heavy atom. The molecule has 160 valence electrons. The minimum atomic E-state index is -3.33. The molecule has 7 heteroatoms. The number of hydrogen-bond acceptors (Lipinski definition) is 5. The largest absolute Gasteiger partial charge is 0.493 e. The highest BCUT2D eigenvalue weighted by Gasteiger charge is 2.32. The third-order valence-electron chi connectivity index (χ3n) is 5.94. The lowest BCUT2D eigenvalue weighted by Gasteiger charge is -2.19. The molecule has 1 saturated carbocycles. The average molecular weight is 430 g/mol. The van der Waals surface area contributed by atoms with Gasteiger partial charge in [0.1, 0.15) is 0 Å². The van der Waals surface area contributed by atoms with Crippen molar-refractivity contribution in [3.63, 3.8) is 0 Å². The molecule has 1 saturated heterocycles. The van der Waals surface area contributed by atoms with Crippen LogP contribution < -0.4 is 14.4 Å². The summed E-state index contributed by atoms with van der Waals surface area (Å²) in [5.74, 6) is 1.43. The number of nitrogens with zero attached hydrogens (tertiary/aromatic N) is 1. The van der Waals surface area contributed by atoms with Crippen molar-refractivity contribution in [1.82, 2.24) is 0 Å². The van der Waals surface area contributed by atoms with Crippen molar-refractivity contribution < 1.29 is 22.7 Å². The molecular weight excluding hydrogens is 402 g/mol. The van der Waals surface area contributed by atoms with Gasteiger partial charge in [-0.3, -0.25) is 4.79 Å². The Morgan fingerprint density at radius 1 is 1.03 bits per heavy atom. The van der Waals surface area contributed by atoms with Gasteiger partial charge >= 0.3 is 0 Å². The van der Waals surface area contributed by atoms with E-state index < -0.39 is 9.84 Å². The van der Waals surface area contributed by atoms with Crippen molar-refractivity contribution in [2.75, 3.05) is 24.8 Å². The van der Waals surface area contributed by atoms with Gasteiger partial charge in [0.25, 0.3) is 0 Å². The van der Waals surface area contributed by atoms with Crippen LogP contribution in [0.5, 0.6) is 11.5 Å². The number of benzene rings is 2. The molecule has 2 fully saturated rings. The first-order valence-corrected chi connectivity index (χ1v) is 12.2. The van der Waals surface area contributed by atoms with Crippen LogP contribution in [-0.4, -0.2) is 40.3 Å². The lowest BCUT2D eigenvalue weighted by molar-refractivity contribution is -0.117. The molecule has 1 aliphatic heterocycles. The van der Waals surface area contributed by atoms with E-state index in [2.05, 4.69) is 0 Å². The highest BCUT2D eigenvalue weighted by Crippen LogP contribution is 2.38. The fourth-order valence-corrected chi connectivity index (χ4v) is 4.95. The Hall–Kier alpha value is -2.54. The maximum atomic E-state index is 12.7. The molecule has 2 aliphatic rings. The van der Waals surface area contributed by atoms with Gasteiger partial charge in [-0.2, -0.15) is 0 Å². The molecule has 1 heterocycles. The first-order chi connectivity index (χ1) is 14.3. The van der Waals surface area contributed by atoms with Crippen LogP contribution >= 0.6 is 0 Å². The molecule has 4 rings (SSSR count). The maximum absolute atomic E-state index is 12.7.